The van der Waals surface area contributed by atoms with Crippen LogP contribution in [0, 0.1) is 0 Å². The van der Waals surface area contributed by atoms with Crippen molar-refractivity contribution in [3.63, 3.8) is 0 Å². The van der Waals surface area contributed by atoms with Crippen LogP contribution in [0.15, 0.2) is 30.5 Å². The zero-order valence-electron chi connectivity index (χ0n) is 10.1. The van der Waals surface area contributed by atoms with E-state index in [0.717, 1.165) is 12.1 Å². The molecule has 2 aromatic rings. The molecule has 2 rings (SSSR count). The Bertz CT molecular complexity index is 650. The maximum Gasteiger partial charge on any atom is 0.416 e. The zero-order chi connectivity index (χ0) is 14.9. The number of carbonyl (C=O) groups is 1. The Hall–Kier alpha value is -2.51. The van der Waals surface area contributed by atoms with E-state index >= 15 is 0 Å². The molecule has 0 saturated carbocycles. The highest BCUT2D eigenvalue weighted by Crippen LogP contribution is 2.31. The van der Waals surface area contributed by atoms with E-state index in [9.17, 15) is 18.0 Å². The van der Waals surface area contributed by atoms with Crippen LogP contribution >= 0.6 is 0 Å². The molecule has 20 heavy (non-hydrogen) atoms. The van der Waals surface area contributed by atoms with Crippen LogP contribution in [-0.2, 0) is 17.4 Å². The number of rotatable bonds is 3. The lowest BCUT2D eigenvalue weighted by atomic mass is 10.2. The van der Waals surface area contributed by atoms with Crippen molar-refractivity contribution in [1.82, 2.24) is 9.55 Å². The van der Waals surface area contributed by atoms with Gasteiger partial charge in [-0.3, -0.25) is 9.36 Å². The van der Waals surface area contributed by atoms with Crippen LogP contribution in [0.4, 0.5) is 19.1 Å². The summed E-state index contributed by atoms with van der Waals surface area (Å²) in [5, 5.41) is 8.77. The molecule has 5 nitrogen and oxygen atoms in total. The van der Waals surface area contributed by atoms with Gasteiger partial charge in [-0.05, 0) is 18.2 Å². The van der Waals surface area contributed by atoms with Gasteiger partial charge in [0.2, 0.25) is 5.95 Å². The molecule has 0 unspecified atom stereocenters. The molecule has 1 aromatic carbocycles. The van der Waals surface area contributed by atoms with Gasteiger partial charge < -0.3 is 10.8 Å². The van der Waals surface area contributed by atoms with Crippen molar-refractivity contribution in [1.29, 1.82) is 0 Å². The zero-order valence-corrected chi connectivity index (χ0v) is 10.1. The van der Waals surface area contributed by atoms with Gasteiger partial charge in [0.15, 0.2) is 0 Å². The number of halogens is 3. The van der Waals surface area contributed by atoms with E-state index in [-0.39, 0.29) is 23.8 Å². The van der Waals surface area contributed by atoms with Crippen molar-refractivity contribution in [2.75, 3.05) is 5.73 Å². The Morgan fingerprint density at radius 1 is 1.40 bits per heavy atom. The molecule has 8 heteroatoms. The maximum absolute atomic E-state index is 12.7. The van der Waals surface area contributed by atoms with Crippen molar-refractivity contribution in [2.24, 2.45) is 0 Å². The molecule has 1 aromatic heterocycles. The number of anilines is 1. The van der Waals surface area contributed by atoms with Gasteiger partial charge >= 0.3 is 12.1 Å². The highest BCUT2D eigenvalue weighted by molar-refractivity contribution is 5.70. The number of nitrogens with two attached hydrogens (primary N) is 1. The Labute approximate surface area is 111 Å². The van der Waals surface area contributed by atoms with E-state index in [1.54, 1.807) is 0 Å². The topological polar surface area (TPSA) is 81.1 Å². The first-order valence-corrected chi connectivity index (χ1v) is 5.50. The average Bonchev–Trinajstić information content (AvgIpc) is 2.69. The van der Waals surface area contributed by atoms with Gasteiger partial charge in [0.25, 0.3) is 0 Å². The second-order valence-corrected chi connectivity index (χ2v) is 4.06. The van der Waals surface area contributed by atoms with Gasteiger partial charge in [-0.2, -0.15) is 13.2 Å². The summed E-state index contributed by atoms with van der Waals surface area (Å²) in [5.41, 5.74) is 5.06. The molecule has 0 aliphatic carbocycles. The van der Waals surface area contributed by atoms with Crippen LogP contribution in [0.1, 0.15) is 11.3 Å². The third-order valence-corrected chi connectivity index (χ3v) is 2.63. The van der Waals surface area contributed by atoms with Gasteiger partial charge in [0.1, 0.15) is 0 Å². The lowest BCUT2D eigenvalue weighted by molar-refractivity contribution is -0.138. The van der Waals surface area contributed by atoms with E-state index in [1.807, 2.05) is 0 Å². The number of aromatic nitrogens is 2. The number of hydrogen-bond donors (Lipinski definition) is 2. The minimum absolute atomic E-state index is 0.0689. The number of nitrogen functional groups attached to an aromatic ring is 1. The molecule has 0 fully saturated rings. The van der Waals surface area contributed by atoms with Crippen LogP contribution < -0.4 is 5.73 Å². The smallest absolute Gasteiger partial charge is 0.416 e. The molecule has 0 amide bonds. The van der Waals surface area contributed by atoms with E-state index in [1.165, 1.54) is 22.9 Å². The van der Waals surface area contributed by atoms with E-state index in [2.05, 4.69) is 4.98 Å². The molecule has 0 radical (unpaired) electrons. The molecule has 0 saturated heterocycles. The second-order valence-electron chi connectivity index (χ2n) is 4.06. The van der Waals surface area contributed by atoms with Gasteiger partial charge in [-0.1, -0.05) is 6.07 Å². The normalized spacial score (nSPS) is 11.6. The first kappa shape index (κ1) is 13.9. The van der Waals surface area contributed by atoms with Crippen LogP contribution in [0.2, 0.25) is 0 Å². The van der Waals surface area contributed by atoms with Crippen molar-refractivity contribution < 1.29 is 23.1 Å². The molecular formula is C12H10F3N3O2. The third kappa shape index (κ3) is 2.73. The fourth-order valence-electron chi connectivity index (χ4n) is 1.80. The summed E-state index contributed by atoms with van der Waals surface area (Å²) in [6.07, 6.45) is -3.65. The minimum Gasteiger partial charge on any atom is -0.481 e. The number of nitrogens with zero attached hydrogens (tertiary/aromatic N) is 2. The maximum atomic E-state index is 12.7. The second kappa shape index (κ2) is 4.87. The molecular weight excluding hydrogens is 275 g/mol. The van der Waals surface area contributed by atoms with Crippen LogP contribution in [-0.4, -0.2) is 20.6 Å². The molecule has 0 aliphatic rings. The fourth-order valence-corrected chi connectivity index (χ4v) is 1.80. The summed E-state index contributed by atoms with van der Waals surface area (Å²) in [7, 11) is 0. The highest BCUT2D eigenvalue weighted by Gasteiger charge is 2.30. The number of alkyl halides is 3. The summed E-state index contributed by atoms with van der Waals surface area (Å²) < 4.78 is 39.2. The minimum atomic E-state index is -4.49. The molecule has 3 N–H and O–H groups in total. The summed E-state index contributed by atoms with van der Waals surface area (Å²) in [4.78, 5) is 14.5. The molecule has 106 valence electrons. The molecule has 0 spiro atoms. The third-order valence-electron chi connectivity index (χ3n) is 2.63. The Kier molecular flexibility index (Phi) is 3.39. The van der Waals surface area contributed by atoms with Crippen molar-refractivity contribution in [3.8, 4) is 5.69 Å². The summed E-state index contributed by atoms with van der Waals surface area (Å²) >= 11 is 0. The van der Waals surface area contributed by atoms with Crippen LogP contribution in [0.25, 0.3) is 5.69 Å². The van der Waals surface area contributed by atoms with Crippen LogP contribution in [0.3, 0.4) is 0 Å². The van der Waals surface area contributed by atoms with Gasteiger partial charge in [-0.25, -0.2) is 4.98 Å². The lowest BCUT2D eigenvalue weighted by Crippen LogP contribution is -2.11. The predicted molar refractivity (Wildman–Crippen MR) is 64.3 cm³/mol. The van der Waals surface area contributed by atoms with Gasteiger partial charge in [0.05, 0.1) is 23.9 Å². The predicted octanol–water partition coefficient (Wildman–Crippen LogP) is 2.10. The Morgan fingerprint density at radius 3 is 2.70 bits per heavy atom. The Balaban J connectivity index is 2.51. The molecule has 0 bridgehead atoms. The quantitative estimate of drug-likeness (QED) is 0.905. The van der Waals surface area contributed by atoms with Gasteiger partial charge in [-0.15, -0.1) is 0 Å². The fraction of sp³-hybridized carbons (Fsp3) is 0.167. The summed E-state index contributed by atoms with van der Waals surface area (Å²) in [6, 6.07) is 4.44. The number of hydrogen-bond acceptors (Lipinski definition) is 3. The lowest BCUT2D eigenvalue weighted by Gasteiger charge is -2.12. The highest BCUT2D eigenvalue weighted by atomic mass is 19.4. The van der Waals surface area contributed by atoms with Crippen molar-refractivity contribution in [2.45, 2.75) is 12.6 Å². The molecule has 1 heterocycles. The summed E-state index contributed by atoms with van der Waals surface area (Å²) in [5.74, 6) is -1.20. The van der Waals surface area contributed by atoms with Gasteiger partial charge in [0, 0.05) is 5.69 Å². The molecule has 0 atom stereocenters. The Morgan fingerprint density at radius 2 is 2.10 bits per heavy atom. The number of carboxylic acids is 1. The van der Waals surface area contributed by atoms with Crippen molar-refractivity contribution in [3.05, 3.63) is 41.7 Å². The number of aliphatic carboxylic acids is 1. The largest absolute Gasteiger partial charge is 0.481 e. The first-order chi connectivity index (χ1) is 9.29. The number of carboxylic acid groups (broad SMARTS) is 1. The summed E-state index contributed by atoms with van der Waals surface area (Å²) in [6.45, 7) is 0. The average molecular weight is 285 g/mol. The van der Waals surface area contributed by atoms with E-state index in [4.69, 9.17) is 10.8 Å². The van der Waals surface area contributed by atoms with Crippen molar-refractivity contribution >= 4 is 11.9 Å². The number of benzene rings is 1. The van der Waals surface area contributed by atoms with Crippen LogP contribution in [0.5, 0.6) is 0 Å². The number of imidazole rings is 1. The van der Waals surface area contributed by atoms with E-state index < -0.39 is 17.7 Å². The van der Waals surface area contributed by atoms with E-state index in [0.29, 0.717) is 0 Å². The monoisotopic (exact) mass is 285 g/mol. The SMILES string of the molecule is Nc1ncc(CC(=O)O)n1-c1cccc(C(F)(F)F)c1. The molecule has 0 aliphatic heterocycles. The first-order valence-electron chi connectivity index (χ1n) is 5.50. The standard InChI is InChI=1S/C12H10F3N3O2/c13-12(14,15)7-2-1-3-8(4-7)18-9(5-10(19)20)6-17-11(18)16/h1-4,6H,5H2,(H2,16,17)(H,19,20).